The molecule has 1 aromatic heterocycles. The molecule has 0 spiro atoms. The number of hydrogen-bond donors (Lipinski definition) is 2. The Balaban J connectivity index is 0.00000312. The van der Waals surface area contributed by atoms with E-state index >= 15 is 0 Å². The summed E-state index contributed by atoms with van der Waals surface area (Å²) < 4.78 is 24.4. The van der Waals surface area contributed by atoms with Gasteiger partial charge in [0, 0.05) is 13.1 Å². The molecule has 0 saturated carbocycles. The second kappa shape index (κ2) is 11.5. The monoisotopic (exact) mass is 493 g/mol. The van der Waals surface area contributed by atoms with Crippen LogP contribution in [0.5, 0.6) is 0 Å². The Bertz CT molecular complexity index is 733. The first-order chi connectivity index (χ1) is 11.6. The highest BCUT2D eigenvalue weighted by Crippen LogP contribution is 2.10. The van der Waals surface area contributed by atoms with Crippen molar-refractivity contribution in [1.29, 1.82) is 0 Å². The third-order valence-electron chi connectivity index (χ3n) is 3.33. The summed E-state index contributed by atoms with van der Waals surface area (Å²) in [5.41, 5.74) is 1.17. The van der Waals surface area contributed by atoms with Crippen LogP contribution in [0.15, 0.2) is 57.0 Å². The van der Waals surface area contributed by atoms with Crippen LogP contribution in [0.4, 0.5) is 0 Å². The van der Waals surface area contributed by atoms with Gasteiger partial charge in [-0.05, 0) is 47.9 Å². The topological polar surface area (TPSA) is 70.6 Å². The first-order valence-corrected chi connectivity index (χ1v) is 10.5. The van der Waals surface area contributed by atoms with E-state index in [2.05, 4.69) is 21.0 Å². The van der Waals surface area contributed by atoms with Gasteiger partial charge < -0.3 is 10.6 Å². The van der Waals surface area contributed by atoms with Crippen molar-refractivity contribution in [2.75, 3.05) is 18.8 Å². The molecule has 5 nitrogen and oxygen atoms in total. The lowest BCUT2D eigenvalue weighted by Crippen LogP contribution is -2.38. The zero-order chi connectivity index (χ0) is 17.3. The highest BCUT2D eigenvalue weighted by Gasteiger charge is 2.13. The maximum atomic E-state index is 12.2. The van der Waals surface area contributed by atoms with Crippen LogP contribution in [0.1, 0.15) is 18.9 Å². The predicted octanol–water partition coefficient (Wildman–Crippen LogP) is 3.29. The normalized spacial score (nSPS) is 11.6. The fraction of sp³-hybridized carbons (Fsp3) is 0.353. The third-order valence-corrected chi connectivity index (χ3v) is 5.88. The maximum absolute atomic E-state index is 12.2. The number of sulfone groups is 1. The number of benzene rings is 1. The lowest BCUT2D eigenvalue weighted by atomic mass is 10.3. The van der Waals surface area contributed by atoms with Crippen LogP contribution in [0.25, 0.3) is 0 Å². The van der Waals surface area contributed by atoms with Crippen molar-refractivity contribution in [2.24, 2.45) is 4.99 Å². The Morgan fingerprint density at radius 3 is 2.56 bits per heavy atom. The van der Waals surface area contributed by atoms with Gasteiger partial charge in [0.25, 0.3) is 0 Å². The van der Waals surface area contributed by atoms with Gasteiger partial charge in [-0.15, -0.1) is 24.0 Å². The number of nitrogens with one attached hydrogen (secondary N) is 2. The summed E-state index contributed by atoms with van der Waals surface area (Å²) in [7, 11) is -3.22. The second-order valence-corrected chi connectivity index (χ2v) is 8.13. The molecule has 2 N–H and O–H groups in total. The summed E-state index contributed by atoms with van der Waals surface area (Å²) in [5, 5.41) is 10.4. The van der Waals surface area contributed by atoms with E-state index in [9.17, 15) is 8.42 Å². The van der Waals surface area contributed by atoms with Crippen LogP contribution >= 0.6 is 35.3 Å². The van der Waals surface area contributed by atoms with Gasteiger partial charge in [-0.2, -0.15) is 11.3 Å². The molecule has 1 aromatic carbocycles. The molecule has 138 valence electrons. The average Bonchev–Trinajstić information content (AvgIpc) is 3.11. The van der Waals surface area contributed by atoms with Crippen molar-refractivity contribution in [3.63, 3.8) is 0 Å². The van der Waals surface area contributed by atoms with Crippen molar-refractivity contribution in [2.45, 2.75) is 24.8 Å². The van der Waals surface area contributed by atoms with Gasteiger partial charge in [0.05, 0.1) is 17.2 Å². The Labute approximate surface area is 170 Å². The van der Waals surface area contributed by atoms with Crippen molar-refractivity contribution in [1.82, 2.24) is 10.6 Å². The quantitative estimate of drug-likeness (QED) is 0.256. The number of guanidine groups is 1. The van der Waals surface area contributed by atoms with Crippen molar-refractivity contribution >= 4 is 51.1 Å². The van der Waals surface area contributed by atoms with Gasteiger partial charge >= 0.3 is 0 Å². The number of thiophene rings is 1. The standard InChI is InChI=1S/C17H23N3O2S2.HI/c1-2-18-17(20-13-15-9-11-23-14-15)19-10-6-12-24(21,22)16-7-4-3-5-8-16;/h3-5,7-9,11,14H,2,6,10,12-13H2,1H3,(H2,18,19,20);1H. The molecule has 1 heterocycles. The van der Waals surface area contributed by atoms with Crippen LogP contribution in [0.2, 0.25) is 0 Å². The highest BCUT2D eigenvalue weighted by atomic mass is 127. The molecule has 0 aliphatic carbocycles. The fourth-order valence-electron chi connectivity index (χ4n) is 2.11. The molecule has 0 bridgehead atoms. The molecular weight excluding hydrogens is 469 g/mol. The molecule has 0 atom stereocenters. The summed E-state index contributed by atoms with van der Waals surface area (Å²) in [6.45, 7) is 3.93. The predicted molar refractivity (Wildman–Crippen MR) is 116 cm³/mol. The fourth-order valence-corrected chi connectivity index (χ4v) is 4.10. The van der Waals surface area contributed by atoms with E-state index in [4.69, 9.17) is 0 Å². The Hall–Kier alpha value is -1.13. The average molecular weight is 493 g/mol. The number of halogens is 1. The summed E-state index contributed by atoms with van der Waals surface area (Å²) in [6, 6.07) is 10.6. The van der Waals surface area contributed by atoms with Gasteiger partial charge in [-0.1, -0.05) is 18.2 Å². The van der Waals surface area contributed by atoms with Crippen LogP contribution in [0.3, 0.4) is 0 Å². The first-order valence-electron chi connectivity index (χ1n) is 7.93. The van der Waals surface area contributed by atoms with E-state index < -0.39 is 9.84 Å². The molecule has 0 unspecified atom stereocenters. The van der Waals surface area contributed by atoms with E-state index in [1.807, 2.05) is 24.4 Å². The van der Waals surface area contributed by atoms with Crippen molar-refractivity contribution in [3.05, 3.63) is 52.7 Å². The minimum Gasteiger partial charge on any atom is -0.357 e. The van der Waals surface area contributed by atoms with Crippen LogP contribution in [-0.2, 0) is 16.4 Å². The van der Waals surface area contributed by atoms with Crippen molar-refractivity contribution < 1.29 is 8.42 Å². The molecule has 8 heteroatoms. The van der Waals surface area contributed by atoms with Crippen LogP contribution in [0, 0.1) is 0 Å². The third kappa shape index (κ3) is 7.74. The minimum absolute atomic E-state index is 0. The van der Waals surface area contributed by atoms with Gasteiger partial charge in [0.1, 0.15) is 0 Å². The van der Waals surface area contributed by atoms with E-state index in [-0.39, 0.29) is 29.7 Å². The molecule has 0 aliphatic rings. The number of aliphatic imine (C=N–C) groups is 1. The molecule has 2 rings (SSSR count). The van der Waals surface area contributed by atoms with Crippen LogP contribution < -0.4 is 10.6 Å². The zero-order valence-electron chi connectivity index (χ0n) is 14.1. The van der Waals surface area contributed by atoms with E-state index in [1.54, 1.807) is 35.6 Å². The van der Waals surface area contributed by atoms with Crippen molar-refractivity contribution in [3.8, 4) is 0 Å². The summed E-state index contributed by atoms with van der Waals surface area (Å²) in [5.74, 6) is 0.828. The summed E-state index contributed by atoms with van der Waals surface area (Å²) in [4.78, 5) is 4.88. The smallest absolute Gasteiger partial charge is 0.191 e. The number of nitrogens with zero attached hydrogens (tertiary/aromatic N) is 1. The molecule has 0 radical (unpaired) electrons. The number of rotatable bonds is 8. The Morgan fingerprint density at radius 2 is 1.92 bits per heavy atom. The molecule has 2 aromatic rings. The van der Waals surface area contributed by atoms with E-state index in [1.165, 1.54) is 5.56 Å². The molecule has 25 heavy (non-hydrogen) atoms. The molecule has 0 amide bonds. The summed E-state index contributed by atoms with van der Waals surface area (Å²) in [6.07, 6.45) is 0.528. The van der Waals surface area contributed by atoms with Gasteiger partial charge in [0.15, 0.2) is 15.8 Å². The van der Waals surface area contributed by atoms with Crippen LogP contribution in [-0.4, -0.2) is 33.2 Å². The van der Waals surface area contributed by atoms with Gasteiger partial charge in [-0.25, -0.2) is 13.4 Å². The molecular formula is C17H24IN3O2S2. The highest BCUT2D eigenvalue weighted by molar-refractivity contribution is 14.0. The SMILES string of the molecule is CCNC(=NCc1ccsc1)NCCCS(=O)(=O)c1ccccc1.I. The second-order valence-electron chi connectivity index (χ2n) is 5.24. The Morgan fingerprint density at radius 1 is 1.16 bits per heavy atom. The lowest BCUT2D eigenvalue weighted by molar-refractivity contribution is 0.592. The maximum Gasteiger partial charge on any atom is 0.191 e. The van der Waals surface area contributed by atoms with E-state index in [0.29, 0.717) is 30.4 Å². The minimum atomic E-state index is -3.22. The van der Waals surface area contributed by atoms with Gasteiger partial charge in [0.2, 0.25) is 0 Å². The molecule has 0 aliphatic heterocycles. The summed E-state index contributed by atoms with van der Waals surface area (Å²) >= 11 is 1.65. The molecule has 0 saturated heterocycles. The van der Waals surface area contributed by atoms with Gasteiger partial charge in [-0.3, -0.25) is 0 Å². The molecule has 0 fully saturated rings. The number of hydrogen-bond acceptors (Lipinski definition) is 4. The zero-order valence-corrected chi connectivity index (χ0v) is 18.1. The first kappa shape index (κ1) is 21.9. The largest absolute Gasteiger partial charge is 0.357 e. The van der Waals surface area contributed by atoms with E-state index in [0.717, 1.165) is 6.54 Å². The lowest BCUT2D eigenvalue weighted by Gasteiger charge is -2.11. The Kier molecular flexibility index (Phi) is 10.1.